The molecule has 2 aromatic carbocycles. The quantitative estimate of drug-likeness (QED) is 0.498. The molecule has 26 heavy (non-hydrogen) atoms. The Bertz CT molecular complexity index is 791. The number of hydrogen-bond acceptors (Lipinski definition) is 1. The van der Waals surface area contributed by atoms with Gasteiger partial charge >= 0.3 is 0 Å². The topological polar surface area (TPSA) is 24.8 Å². The van der Waals surface area contributed by atoms with Gasteiger partial charge in [0, 0.05) is 5.56 Å². The Labute approximate surface area is 146 Å². The van der Waals surface area contributed by atoms with Gasteiger partial charge in [0.1, 0.15) is 12.1 Å². The molecule has 1 aliphatic heterocycles. The molecule has 8 heteroatoms. The van der Waals surface area contributed by atoms with E-state index in [-0.39, 0.29) is 13.1 Å². The number of carbonyl (C=O) groups excluding carboxylic acids is 1. The number of amides is 1. The third-order valence-corrected chi connectivity index (χ3v) is 4.48. The van der Waals surface area contributed by atoms with Crippen LogP contribution in [-0.4, -0.2) is 37.0 Å². The standard InChI is InChI=1S/C18H15F5N2O/c19-13-12(14(20)16(22)17(23)15(13)21)18(26)25-8-6-24(7-9-25)10-11-4-2-1-3-5-11/h1-5H,6-10H2/p+1. The molecule has 1 fully saturated rings. The molecule has 3 nitrogen and oxygen atoms in total. The summed E-state index contributed by atoms with van der Waals surface area (Å²) in [6.07, 6.45) is 0. The molecular formula is C18H16F5N2O+. The van der Waals surface area contributed by atoms with Crippen LogP contribution in [0.2, 0.25) is 0 Å². The average Bonchev–Trinajstić information content (AvgIpc) is 2.66. The monoisotopic (exact) mass is 371 g/mol. The molecule has 1 heterocycles. The van der Waals surface area contributed by atoms with E-state index in [0.29, 0.717) is 13.1 Å². The SMILES string of the molecule is O=C(c1c(F)c(F)c(F)c(F)c1F)N1CC[NH+](Cc2ccccc2)CC1. The largest absolute Gasteiger partial charge is 0.328 e. The number of piperazine rings is 1. The fraction of sp³-hybridized carbons (Fsp3) is 0.278. The van der Waals surface area contributed by atoms with Gasteiger partial charge in [-0.05, 0) is 0 Å². The summed E-state index contributed by atoms with van der Waals surface area (Å²) in [6, 6.07) is 9.67. The number of rotatable bonds is 3. The third kappa shape index (κ3) is 3.41. The molecule has 0 atom stereocenters. The summed E-state index contributed by atoms with van der Waals surface area (Å²) >= 11 is 0. The van der Waals surface area contributed by atoms with Crippen molar-refractivity contribution in [3.63, 3.8) is 0 Å². The molecule has 0 saturated carbocycles. The molecule has 2 aromatic rings. The van der Waals surface area contributed by atoms with Crippen molar-refractivity contribution in [1.29, 1.82) is 0 Å². The number of nitrogens with zero attached hydrogens (tertiary/aromatic N) is 1. The number of benzene rings is 2. The molecule has 0 bridgehead atoms. The summed E-state index contributed by atoms with van der Waals surface area (Å²) in [5.41, 5.74) is -0.282. The number of nitrogens with one attached hydrogen (secondary N) is 1. The van der Waals surface area contributed by atoms with E-state index in [1.807, 2.05) is 30.3 Å². The molecule has 0 spiro atoms. The van der Waals surface area contributed by atoms with Crippen LogP contribution in [0.3, 0.4) is 0 Å². The maximum absolute atomic E-state index is 13.8. The summed E-state index contributed by atoms with van der Waals surface area (Å²) in [6.45, 7) is 2.08. The highest BCUT2D eigenvalue weighted by Crippen LogP contribution is 2.24. The minimum Gasteiger partial charge on any atom is -0.328 e. The molecule has 1 amide bonds. The van der Waals surface area contributed by atoms with Crippen molar-refractivity contribution >= 4 is 5.91 Å². The number of hydrogen-bond donors (Lipinski definition) is 1. The Morgan fingerprint density at radius 1 is 0.846 bits per heavy atom. The first-order chi connectivity index (χ1) is 12.4. The second kappa shape index (κ2) is 7.41. The molecule has 0 unspecified atom stereocenters. The van der Waals surface area contributed by atoms with E-state index >= 15 is 0 Å². The van der Waals surface area contributed by atoms with Gasteiger partial charge in [0.05, 0.1) is 26.2 Å². The van der Waals surface area contributed by atoms with Crippen molar-refractivity contribution in [2.45, 2.75) is 6.54 Å². The second-order valence-corrected chi connectivity index (χ2v) is 6.15. The van der Waals surface area contributed by atoms with E-state index in [1.54, 1.807) is 0 Å². The van der Waals surface area contributed by atoms with E-state index in [1.165, 1.54) is 0 Å². The smallest absolute Gasteiger partial charge is 0.260 e. The Balaban J connectivity index is 1.71. The highest BCUT2D eigenvalue weighted by atomic mass is 19.2. The minimum atomic E-state index is -2.27. The fourth-order valence-electron chi connectivity index (χ4n) is 3.04. The number of carbonyl (C=O) groups is 1. The molecular weight excluding hydrogens is 355 g/mol. The second-order valence-electron chi connectivity index (χ2n) is 6.15. The lowest BCUT2D eigenvalue weighted by atomic mass is 10.1. The predicted molar refractivity (Wildman–Crippen MR) is 83.0 cm³/mol. The first-order valence-corrected chi connectivity index (χ1v) is 8.08. The van der Waals surface area contributed by atoms with Gasteiger partial charge in [-0.3, -0.25) is 4.79 Å². The lowest BCUT2D eigenvalue weighted by Crippen LogP contribution is -3.13. The van der Waals surface area contributed by atoms with Crippen molar-refractivity contribution in [3.8, 4) is 0 Å². The molecule has 138 valence electrons. The van der Waals surface area contributed by atoms with E-state index in [4.69, 9.17) is 0 Å². The zero-order valence-corrected chi connectivity index (χ0v) is 13.7. The van der Waals surface area contributed by atoms with Gasteiger partial charge in [0.25, 0.3) is 5.91 Å². The van der Waals surface area contributed by atoms with Gasteiger partial charge in [-0.2, -0.15) is 0 Å². The van der Waals surface area contributed by atoms with Crippen LogP contribution < -0.4 is 4.90 Å². The molecule has 1 saturated heterocycles. The summed E-state index contributed by atoms with van der Waals surface area (Å²) in [4.78, 5) is 14.6. The summed E-state index contributed by atoms with van der Waals surface area (Å²) in [5.74, 6) is -11.9. The van der Waals surface area contributed by atoms with Crippen molar-refractivity contribution in [1.82, 2.24) is 4.90 Å². The summed E-state index contributed by atoms with van der Waals surface area (Å²) in [5, 5.41) is 0. The molecule has 1 N–H and O–H groups in total. The van der Waals surface area contributed by atoms with Gasteiger partial charge in [-0.1, -0.05) is 30.3 Å². The molecule has 0 radical (unpaired) electrons. The van der Waals surface area contributed by atoms with Crippen LogP contribution >= 0.6 is 0 Å². The Morgan fingerprint density at radius 2 is 1.35 bits per heavy atom. The van der Waals surface area contributed by atoms with Gasteiger partial charge in [0.15, 0.2) is 23.3 Å². The summed E-state index contributed by atoms with van der Waals surface area (Å²) in [7, 11) is 0. The van der Waals surface area contributed by atoms with Crippen LogP contribution in [0, 0.1) is 29.1 Å². The van der Waals surface area contributed by atoms with E-state index < -0.39 is 40.6 Å². The van der Waals surface area contributed by atoms with Crippen LogP contribution in [0.5, 0.6) is 0 Å². The lowest BCUT2D eigenvalue weighted by Gasteiger charge is -2.32. The molecule has 0 aromatic heterocycles. The predicted octanol–water partition coefficient (Wildman–Crippen LogP) is 1.92. The summed E-state index contributed by atoms with van der Waals surface area (Å²) < 4.78 is 67.3. The molecule has 0 aliphatic carbocycles. The van der Waals surface area contributed by atoms with Crippen LogP contribution in [0.4, 0.5) is 22.0 Å². The third-order valence-electron chi connectivity index (χ3n) is 4.48. The average molecular weight is 371 g/mol. The zero-order chi connectivity index (χ0) is 18.8. The highest BCUT2D eigenvalue weighted by Gasteiger charge is 2.34. The van der Waals surface area contributed by atoms with Crippen molar-refractivity contribution < 1.29 is 31.6 Å². The highest BCUT2D eigenvalue weighted by molar-refractivity contribution is 5.95. The normalized spacial score (nSPS) is 15.3. The van der Waals surface area contributed by atoms with Gasteiger partial charge in [0.2, 0.25) is 5.82 Å². The van der Waals surface area contributed by atoms with Crippen molar-refractivity contribution in [3.05, 3.63) is 70.5 Å². The lowest BCUT2D eigenvalue weighted by molar-refractivity contribution is -0.917. The fourth-order valence-corrected chi connectivity index (χ4v) is 3.04. The van der Waals surface area contributed by atoms with Crippen molar-refractivity contribution in [2.75, 3.05) is 26.2 Å². The van der Waals surface area contributed by atoms with Gasteiger partial charge < -0.3 is 9.80 Å². The maximum Gasteiger partial charge on any atom is 0.260 e. The van der Waals surface area contributed by atoms with Gasteiger partial charge in [-0.15, -0.1) is 0 Å². The van der Waals surface area contributed by atoms with E-state index in [2.05, 4.69) is 0 Å². The zero-order valence-electron chi connectivity index (χ0n) is 13.7. The van der Waals surface area contributed by atoms with Crippen LogP contribution in [0.1, 0.15) is 15.9 Å². The Hall–Kier alpha value is -2.48. The molecule has 1 aliphatic rings. The Kier molecular flexibility index (Phi) is 5.22. The minimum absolute atomic E-state index is 0.167. The first-order valence-electron chi connectivity index (χ1n) is 8.08. The first kappa shape index (κ1) is 18.3. The molecule has 3 rings (SSSR count). The number of halogens is 5. The van der Waals surface area contributed by atoms with Crippen LogP contribution in [-0.2, 0) is 6.54 Å². The van der Waals surface area contributed by atoms with Gasteiger partial charge in [-0.25, -0.2) is 22.0 Å². The van der Waals surface area contributed by atoms with E-state index in [9.17, 15) is 26.7 Å². The number of quaternary nitrogens is 1. The van der Waals surface area contributed by atoms with Crippen molar-refractivity contribution in [2.24, 2.45) is 0 Å². The van der Waals surface area contributed by atoms with Crippen LogP contribution in [0.25, 0.3) is 0 Å². The van der Waals surface area contributed by atoms with E-state index in [0.717, 1.165) is 21.9 Å². The maximum atomic E-state index is 13.8. The Morgan fingerprint density at radius 3 is 1.88 bits per heavy atom. The van der Waals surface area contributed by atoms with Crippen LogP contribution in [0.15, 0.2) is 30.3 Å².